The highest BCUT2D eigenvalue weighted by Gasteiger charge is 2.18. The second kappa shape index (κ2) is 3.93. The van der Waals surface area contributed by atoms with E-state index in [4.69, 9.17) is 9.94 Å². The lowest BCUT2D eigenvalue weighted by atomic mass is 9.96. The van der Waals surface area contributed by atoms with E-state index in [1.54, 1.807) is 0 Å². The van der Waals surface area contributed by atoms with E-state index in [2.05, 4.69) is 25.1 Å². The molecular weight excluding hydrogens is 190 g/mol. The molecular formula is C12H15NO2. The Bertz CT molecular complexity index is 397. The summed E-state index contributed by atoms with van der Waals surface area (Å²) in [5.74, 6) is 1.29. The minimum atomic E-state index is 0.470. The first-order chi connectivity index (χ1) is 7.22. The Labute approximate surface area is 89.4 Å². The van der Waals surface area contributed by atoms with Gasteiger partial charge in [-0.05, 0) is 23.6 Å². The molecule has 2 rings (SSSR count). The van der Waals surface area contributed by atoms with Crippen molar-refractivity contribution in [3.63, 3.8) is 0 Å². The fourth-order valence-electron chi connectivity index (χ4n) is 1.75. The van der Waals surface area contributed by atoms with Gasteiger partial charge in [0.2, 0.25) is 0 Å². The van der Waals surface area contributed by atoms with Gasteiger partial charge in [-0.2, -0.15) is 0 Å². The van der Waals surface area contributed by atoms with Crippen molar-refractivity contribution in [2.75, 3.05) is 6.61 Å². The van der Waals surface area contributed by atoms with Crippen LogP contribution >= 0.6 is 0 Å². The molecule has 0 bridgehead atoms. The molecule has 0 saturated heterocycles. The highest BCUT2D eigenvalue weighted by molar-refractivity contribution is 6.03. The van der Waals surface area contributed by atoms with Crippen LogP contribution in [-0.4, -0.2) is 17.5 Å². The van der Waals surface area contributed by atoms with Crippen molar-refractivity contribution in [2.24, 2.45) is 5.16 Å². The summed E-state index contributed by atoms with van der Waals surface area (Å²) in [6.45, 7) is 4.87. The molecule has 15 heavy (non-hydrogen) atoms. The third-order valence-corrected chi connectivity index (χ3v) is 2.70. The van der Waals surface area contributed by atoms with Crippen LogP contribution in [0.2, 0.25) is 0 Å². The molecule has 0 fully saturated rings. The highest BCUT2D eigenvalue weighted by Crippen LogP contribution is 2.28. The van der Waals surface area contributed by atoms with Gasteiger partial charge in [-0.1, -0.05) is 25.1 Å². The van der Waals surface area contributed by atoms with Crippen LogP contribution in [0.25, 0.3) is 0 Å². The van der Waals surface area contributed by atoms with Gasteiger partial charge in [0.15, 0.2) is 0 Å². The summed E-state index contributed by atoms with van der Waals surface area (Å²) in [6, 6.07) is 6.06. The quantitative estimate of drug-likeness (QED) is 0.565. The Morgan fingerprint density at radius 3 is 2.87 bits per heavy atom. The number of ether oxygens (including phenoxy) is 1. The van der Waals surface area contributed by atoms with Gasteiger partial charge in [0.25, 0.3) is 0 Å². The van der Waals surface area contributed by atoms with Crippen LogP contribution in [0.3, 0.4) is 0 Å². The molecule has 1 aromatic rings. The number of nitrogens with zero attached hydrogens (tertiary/aromatic N) is 1. The predicted octanol–water partition coefficient (Wildman–Crippen LogP) is 2.77. The lowest BCUT2D eigenvalue weighted by Crippen LogP contribution is -2.16. The number of hydrogen-bond donors (Lipinski definition) is 1. The van der Waals surface area contributed by atoms with E-state index in [1.807, 2.05) is 12.1 Å². The topological polar surface area (TPSA) is 41.8 Å². The minimum absolute atomic E-state index is 0.470. The van der Waals surface area contributed by atoms with Crippen LogP contribution in [0, 0.1) is 0 Å². The fourth-order valence-corrected chi connectivity index (χ4v) is 1.75. The van der Waals surface area contributed by atoms with Crippen LogP contribution in [0.1, 0.15) is 37.3 Å². The molecule has 0 unspecified atom stereocenters. The van der Waals surface area contributed by atoms with Crippen molar-refractivity contribution in [2.45, 2.75) is 26.2 Å². The molecule has 3 heteroatoms. The molecule has 0 atom stereocenters. The van der Waals surface area contributed by atoms with Crippen molar-refractivity contribution in [3.8, 4) is 5.75 Å². The molecule has 0 amide bonds. The van der Waals surface area contributed by atoms with Gasteiger partial charge >= 0.3 is 0 Å². The largest absolute Gasteiger partial charge is 0.492 e. The summed E-state index contributed by atoms with van der Waals surface area (Å²) in [5, 5.41) is 12.2. The van der Waals surface area contributed by atoms with Crippen molar-refractivity contribution in [1.82, 2.24) is 0 Å². The normalized spacial score (nSPS) is 17.7. The van der Waals surface area contributed by atoms with Crippen molar-refractivity contribution < 1.29 is 9.94 Å². The number of oxime groups is 1. The van der Waals surface area contributed by atoms with Crippen molar-refractivity contribution in [1.29, 1.82) is 0 Å². The first-order valence-electron chi connectivity index (χ1n) is 5.20. The van der Waals surface area contributed by atoms with Gasteiger partial charge in [0.1, 0.15) is 5.75 Å². The summed E-state index contributed by atoms with van der Waals surface area (Å²) in [6.07, 6.45) is 0.672. The van der Waals surface area contributed by atoms with Crippen LogP contribution < -0.4 is 4.74 Å². The Morgan fingerprint density at radius 1 is 1.40 bits per heavy atom. The first kappa shape index (κ1) is 10.0. The van der Waals surface area contributed by atoms with Crippen LogP contribution in [0.4, 0.5) is 0 Å². The van der Waals surface area contributed by atoms with E-state index in [0.29, 0.717) is 18.9 Å². The van der Waals surface area contributed by atoms with Crippen molar-refractivity contribution in [3.05, 3.63) is 29.3 Å². The lowest BCUT2D eigenvalue weighted by Gasteiger charge is -2.19. The standard InChI is InChI=1S/C12H15NO2/c1-8(2)9-3-4-12-10(7-9)11(13-14)5-6-15-12/h3-4,7-8,14H,5-6H2,1-2H3/b13-11+. The monoisotopic (exact) mass is 205 g/mol. The van der Waals surface area contributed by atoms with Gasteiger partial charge in [-0.3, -0.25) is 0 Å². The third-order valence-electron chi connectivity index (χ3n) is 2.70. The number of rotatable bonds is 1. The molecule has 1 heterocycles. The van der Waals surface area contributed by atoms with E-state index >= 15 is 0 Å². The number of fused-ring (bicyclic) bond motifs is 1. The maximum absolute atomic E-state index is 8.90. The molecule has 0 radical (unpaired) electrons. The molecule has 1 aromatic carbocycles. The van der Waals surface area contributed by atoms with E-state index in [1.165, 1.54) is 5.56 Å². The second-order valence-electron chi connectivity index (χ2n) is 4.06. The smallest absolute Gasteiger partial charge is 0.128 e. The summed E-state index contributed by atoms with van der Waals surface area (Å²) >= 11 is 0. The Hall–Kier alpha value is -1.51. The zero-order valence-corrected chi connectivity index (χ0v) is 9.03. The van der Waals surface area contributed by atoms with Gasteiger partial charge in [-0.15, -0.1) is 0 Å². The molecule has 0 spiro atoms. The third kappa shape index (κ3) is 1.82. The molecule has 80 valence electrons. The predicted molar refractivity (Wildman–Crippen MR) is 59.0 cm³/mol. The Balaban J connectivity index is 2.48. The van der Waals surface area contributed by atoms with Crippen molar-refractivity contribution >= 4 is 5.71 Å². The minimum Gasteiger partial charge on any atom is -0.492 e. The number of benzene rings is 1. The maximum atomic E-state index is 8.90. The molecule has 1 N–H and O–H groups in total. The van der Waals surface area contributed by atoms with Crippen LogP contribution in [0.15, 0.2) is 23.4 Å². The second-order valence-corrected chi connectivity index (χ2v) is 4.06. The average Bonchev–Trinajstić information content (AvgIpc) is 2.27. The van der Waals surface area contributed by atoms with E-state index in [0.717, 1.165) is 17.0 Å². The van der Waals surface area contributed by atoms with Gasteiger partial charge in [0, 0.05) is 12.0 Å². The highest BCUT2D eigenvalue weighted by atomic mass is 16.5. The van der Waals surface area contributed by atoms with Gasteiger partial charge in [-0.25, -0.2) is 0 Å². The maximum Gasteiger partial charge on any atom is 0.128 e. The SMILES string of the molecule is CC(C)c1ccc2c(c1)/C(=N/O)CCO2. The summed E-state index contributed by atoms with van der Waals surface area (Å²) < 4.78 is 5.50. The average molecular weight is 205 g/mol. The van der Waals surface area contributed by atoms with E-state index in [-0.39, 0.29) is 0 Å². The zero-order valence-electron chi connectivity index (χ0n) is 9.03. The Morgan fingerprint density at radius 2 is 2.20 bits per heavy atom. The van der Waals surface area contributed by atoms with E-state index < -0.39 is 0 Å². The summed E-state index contributed by atoms with van der Waals surface area (Å²) in [5.41, 5.74) is 2.88. The molecule has 1 aliphatic rings. The summed E-state index contributed by atoms with van der Waals surface area (Å²) in [4.78, 5) is 0. The fraction of sp³-hybridized carbons (Fsp3) is 0.417. The van der Waals surface area contributed by atoms with Crippen LogP contribution in [0.5, 0.6) is 5.75 Å². The molecule has 0 aromatic heterocycles. The summed E-state index contributed by atoms with van der Waals surface area (Å²) in [7, 11) is 0. The number of hydrogen-bond acceptors (Lipinski definition) is 3. The van der Waals surface area contributed by atoms with E-state index in [9.17, 15) is 0 Å². The van der Waals surface area contributed by atoms with Crippen LogP contribution in [-0.2, 0) is 0 Å². The first-order valence-corrected chi connectivity index (χ1v) is 5.20. The van der Waals surface area contributed by atoms with Gasteiger partial charge < -0.3 is 9.94 Å². The molecule has 0 saturated carbocycles. The molecule has 0 aliphatic carbocycles. The lowest BCUT2D eigenvalue weighted by molar-refractivity contribution is 0.298. The molecule has 1 aliphatic heterocycles. The zero-order chi connectivity index (χ0) is 10.8. The van der Waals surface area contributed by atoms with Gasteiger partial charge in [0.05, 0.1) is 12.3 Å². The Kier molecular flexibility index (Phi) is 2.62. The molecule has 3 nitrogen and oxygen atoms in total.